The van der Waals surface area contributed by atoms with E-state index in [1.54, 1.807) is 0 Å². The molecule has 0 aliphatic rings. The van der Waals surface area contributed by atoms with Crippen molar-refractivity contribution in [1.29, 1.82) is 5.41 Å². The van der Waals surface area contributed by atoms with Crippen LogP contribution in [0.15, 0.2) is 30.5 Å². The number of hydrogen-bond acceptors (Lipinski definition) is 4. The SMILES string of the molecule is N=c1c2nnn(Cc3c(F)cccc3F)c2ccn1O. The lowest BCUT2D eigenvalue weighted by Gasteiger charge is -2.05. The zero-order chi connectivity index (χ0) is 14.3. The van der Waals surface area contributed by atoms with Crippen LogP contribution in [0.1, 0.15) is 5.56 Å². The predicted molar refractivity (Wildman–Crippen MR) is 64.0 cm³/mol. The van der Waals surface area contributed by atoms with Gasteiger partial charge >= 0.3 is 0 Å². The summed E-state index contributed by atoms with van der Waals surface area (Å²) in [6, 6.07) is 5.07. The minimum atomic E-state index is -0.673. The van der Waals surface area contributed by atoms with E-state index >= 15 is 0 Å². The van der Waals surface area contributed by atoms with Crippen LogP contribution < -0.4 is 5.49 Å². The first kappa shape index (κ1) is 12.3. The van der Waals surface area contributed by atoms with Gasteiger partial charge in [0.15, 0.2) is 11.0 Å². The average molecular weight is 277 g/mol. The topological polar surface area (TPSA) is 79.7 Å². The van der Waals surface area contributed by atoms with Crippen LogP contribution in [0.3, 0.4) is 0 Å². The second-order valence-corrected chi connectivity index (χ2v) is 4.19. The molecule has 0 aliphatic heterocycles. The summed E-state index contributed by atoms with van der Waals surface area (Å²) in [5.41, 5.74) is 0.170. The van der Waals surface area contributed by atoms with Gasteiger partial charge in [-0.2, -0.15) is 4.73 Å². The molecule has 0 bridgehead atoms. The minimum Gasteiger partial charge on any atom is -0.427 e. The first-order valence-corrected chi connectivity index (χ1v) is 5.69. The van der Waals surface area contributed by atoms with Crippen LogP contribution in [0, 0.1) is 17.0 Å². The normalized spacial score (nSPS) is 11.1. The summed E-state index contributed by atoms with van der Waals surface area (Å²) < 4.78 is 29.1. The van der Waals surface area contributed by atoms with E-state index in [2.05, 4.69) is 10.3 Å². The number of fused-ring (bicyclic) bond motifs is 1. The molecule has 2 N–H and O–H groups in total. The van der Waals surface area contributed by atoms with E-state index in [0.29, 0.717) is 10.2 Å². The fraction of sp³-hybridized carbons (Fsp3) is 0.0833. The molecule has 0 radical (unpaired) electrons. The highest BCUT2D eigenvalue weighted by atomic mass is 19.1. The molecule has 0 atom stereocenters. The molecule has 8 heteroatoms. The fourth-order valence-corrected chi connectivity index (χ4v) is 1.93. The molecule has 2 aromatic heterocycles. The summed E-state index contributed by atoms with van der Waals surface area (Å²) in [4.78, 5) is 0. The van der Waals surface area contributed by atoms with Crippen molar-refractivity contribution in [3.8, 4) is 0 Å². The largest absolute Gasteiger partial charge is 0.427 e. The van der Waals surface area contributed by atoms with Crippen LogP contribution in [0.5, 0.6) is 0 Å². The third kappa shape index (κ3) is 1.81. The summed E-state index contributed by atoms with van der Waals surface area (Å²) in [6.07, 6.45) is 1.24. The zero-order valence-corrected chi connectivity index (χ0v) is 10.1. The quantitative estimate of drug-likeness (QED) is 0.692. The highest BCUT2D eigenvalue weighted by Gasteiger charge is 2.13. The van der Waals surface area contributed by atoms with E-state index in [9.17, 15) is 14.0 Å². The summed E-state index contributed by atoms with van der Waals surface area (Å²) in [6.45, 7) is -0.149. The van der Waals surface area contributed by atoms with Crippen molar-refractivity contribution in [3.05, 3.63) is 53.1 Å². The Morgan fingerprint density at radius 1 is 1.20 bits per heavy atom. The van der Waals surface area contributed by atoms with E-state index in [4.69, 9.17) is 5.41 Å². The third-order valence-corrected chi connectivity index (χ3v) is 2.97. The Morgan fingerprint density at radius 3 is 2.60 bits per heavy atom. The zero-order valence-electron chi connectivity index (χ0n) is 10.1. The summed E-state index contributed by atoms with van der Waals surface area (Å²) in [7, 11) is 0. The molecule has 0 unspecified atom stereocenters. The molecule has 102 valence electrons. The monoisotopic (exact) mass is 277 g/mol. The van der Waals surface area contributed by atoms with Gasteiger partial charge in [0.1, 0.15) is 11.6 Å². The van der Waals surface area contributed by atoms with Crippen molar-refractivity contribution in [2.24, 2.45) is 0 Å². The van der Waals surface area contributed by atoms with Crippen molar-refractivity contribution in [2.45, 2.75) is 6.54 Å². The molecule has 0 saturated heterocycles. The van der Waals surface area contributed by atoms with Crippen molar-refractivity contribution in [2.75, 3.05) is 0 Å². The molecule has 1 aromatic carbocycles. The highest BCUT2D eigenvalue weighted by Crippen LogP contribution is 2.15. The summed E-state index contributed by atoms with van der Waals surface area (Å²) in [5.74, 6) is -1.35. The fourth-order valence-electron chi connectivity index (χ4n) is 1.93. The van der Waals surface area contributed by atoms with E-state index < -0.39 is 11.6 Å². The maximum atomic E-state index is 13.6. The predicted octanol–water partition coefficient (Wildman–Crippen LogP) is 1.28. The molecule has 3 rings (SSSR count). The lowest BCUT2D eigenvalue weighted by Crippen LogP contribution is -2.17. The van der Waals surface area contributed by atoms with Crippen molar-refractivity contribution in [3.63, 3.8) is 0 Å². The number of rotatable bonds is 2. The summed E-state index contributed by atoms with van der Waals surface area (Å²) >= 11 is 0. The van der Waals surface area contributed by atoms with Gasteiger partial charge in [-0.05, 0) is 18.2 Å². The molecule has 20 heavy (non-hydrogen) atoms. The first-order chi connectivity index (χ1) is 9.58. The second kappa shape index (κ2) is 4.41. The molecule has 0 fully saturated rings. The Labute approximate surface area is 111 Å². The van der Waals surface area contributed by atoms with Gasteiger partial charge in [-0.25, -0.2) is 13.5 Å². The van der Waals surface area contributed by atoms with E-state index in [0.717, 1.165) is 12.1 Å². The van der Waals surface area contributed by atoms with Crippen molar-refractivity contribution in [1.82, 2.24) is 19.7 Å². The van der Waals surface area contributed by atoms with Crippen molar-refractivity contribution < 1.29 is 14.0 Å². The molecule has 0 saturated carbocycles. The highest BCUT2D eigenvalue weighted by molar-refractivity contribution is 5.72. The Bertz CT molecular complexity index is 834. The van der Waals surface area contributed by atoms with Crippen LogP contribution >= 0.6 is 0 Å². The molecule has 3 aromatic rings. The van der Waals surface area contributed by atoms with Gasteiger partial charge in [0, 0.05) is 11.8 Å². The smallest absolute Gasteiger partial charge is 0.190 e. The van der Waals surface area contributed by atoms with Crippen LogP contribution in [-0.2, 0) is 6.54 Å². The lowest BCUT2D eigenvalue weighted by atomic mass is 10.2. The maximum Gasteiger partial charge on any atom is 0.190 e. The Morgan fingerprint density at radius 2 is 1.90 bits per heavy atom. The number of pyridine rings is 1. The molecular weight excluding hydrogens is 268 g/mol. The molecule has 2 heterocycles. The number of aromatic nitrogens is 4. The third-order valence-electron chi connectivity index (χ3n) is 2.97. The summed E-state index contributed by atoms with van der Waals surface area (Å²) in [5, 5.41) is 24.4. The number of nitrogens with zero attached hydrogens (tertiary/aromatic N) is 4. The van der Waals surface area contributed by atoms with Gasteiger partial charge < -0.3 is 5.21 Å². The second-order valence-electron chi connectivity index (χ2n) is 4.19. The standard InChI is InChI=1S/C12H9F2N5O/c13-8-2-1-3-9(14)7(8)6-18-10-4-5-19(20)12(15)11(10)16-17-18/h1-5,15,20H,6H2. The number of benzene rings is 1. The Hall–Kier alpha value is -2.77. The maximum absolute atomic E-state index is 13.6. The molecule has 0 spiro atoms. The number of halogens is 2. The molecule has 6 nitrogen and oxygen atoms in total. The van der Waals surface area contributed by atoms with E-state index in [-0.39, 0.29) is 23.1 Å². The van der Waals surface area contributed by atoms with Gasteiger partial charge in [0.05, 0.1) is 12.1 Å². The minimum absolute atomic E-state index is 0.133. The number of hydrogen-bond donors (Lipinski definition) is 2. The van der Waals surface area contributed by atoms with Gasteiger partial charge in [0.2, 0.25) is 0 Å². The molecular formula is C12H9F2N5O. The lowest BCUT2D eigenvalue weighted by molar-refractivity contribution is 0.172. The van der Waals surface area contributed by atoms with Crippen LogP contribution in [0.2, 0.25) is 0 Å². The molecule has 0 amide bonds. The van der Waals surface area contributed by atoms with Crippen LogP contribution in [0.25, 0.3) is 11.0 Å². The van der Waals surface area contributed by atoms with Crippen LogP contribution in [0.4, 0.5) is 8.78 Å². The van der Waals surface area contributed by atoms with Crippen molar-refractivity contribution >= 4 is 11.0 Å². The van der Waals surface area contributed by atoms with Crippen LogP contribution in [-0.4, -0.2) is 24.9 Å². The average Bonchev–Trinajstić information content (AvgIpc) is 2.82. The van der Waals surface area contributed by atoms with Gasteiger partial charge in [-0.15, -0.1) is 5.10 Å². The molecule has 0 aliphatic carbocycles. The van der Waals surface area contributed by atoms with Gasteiger partial charge in [-0.1, -0.05) is 11.3 Å². The first-order valence-electron chi connectivity index (χ1n) is 5.69. The Balaban J connectivity index is 2.13. The van der Waals surface area contributed by atoms with Gasteiger partial charge in [-0.3, -0.25) is 5.41 Å². The van der Waals surface area contributed by atoms with Gasteiger partial charge in [0.25, 0.3) is 0 Å². The van der Waals surface area contributed by atoms with E-state index in [1.807, 2.05) is 0 Å². The van der Waals surface area contributed by atoms with E-state index in [1.165, 1.54) is 23.0 Å². The number of nitrogens with one attached hydrogen (secondary N) is 1. The Kier molecular flexibility index (Phi) is 2.70.